The van der Waals surface area contributed by atoms with Crippen LogP contribution in [0.25, 0.3) is 0 Å². The predicted octanol–water partition coefficient (Wildman–Crippen LogP) is 0.422. The number of aryl methyl sites for hydroxylation is 1. The Balaban J connectivity index is 2.43. The molecule has 0 bridgehead atoms. The van der Waals surface area contributed by atoms with Gasteiger partial charge < -0.3 is 10.3 Å². The predicted molar refractivity (Wildman–Crippen MR) is 49.9 cm³/mol. The molecular formula is C7H12N4S. The lowest BCUT2D eigenvalue weighted by Gasteiger charge is -2.00. The minimum atomic E-state index is 0.533. The molecule has 0 aliphatic heterocycles. The van der Waals surface area contributed by atoms with Crippen LogP contribution in [0.15, 0.2) is 23.6 Å². The molecule has 4 nitrogen and oxygen atoms in total. The van der Waals surface area contributed by atoms with Crippen LogP contribution in [0.1, 0.15) is 0 Å². The lowest BCUT2D eigenvalue weighted by atomic mass is 10.4. The van der Waals surface area contributed by atoms with E-state index in [1.807, 2.05) is 11.6 Å². The van der Waals surface area contributed by atoms with Crippen molar-refractivity contribution in [2.45, 2.75) is 5.16 Å². The van der Waals surface area contributed by atoms with Crippen molar-refractivity contribution in [3.8, 4) is 0 Å². The lowest BCUT2D eigenvalue weighted by molar-refractivity contribution is 0.789. The van der Waals surface area contributed by atoms with Crippen LogP contribution in [-0.4, -0.2) is 27.1 Å². The summed E-state index contributed by atoms with van der Waals surface area (Å²) in [6.45, 7) is 4.33. The van der Waals surface area contributed by atoms with Crippen molar-refractivity contribution in [3.63, 3.8) is 0 Å². The quantitative estimate of drug-likeness (QED) is 0.544. The molecule has 2 N–H and O–H groups in total. The maximum Gasteiger partial charge on any atom is 0.191 e. The molecule has 0 amide bonds. The van der Waals surface area contributed by atoms with E-state index in [4.69, 9.17) is 5.73 Å². The van der Waals surface area contributed by atoms with E-state index in [0.29, 0.717) is 6.54 Å². The molecule has 1 rings (SSSR count). The molecule has 5 heteroatoms. The molecule has 0 aliphatic carbocycles. The summed E-state index contributed by atoms with van der Waals surface area (Å²) in [5.74, 6) is 0.809. The van der Waals surface area contributed by atoms with E-state index in [0.717, 1.165) is 16.5 Å². The highest BCUT2D eigenvalue weighted by molar-refractivity contribution is 7.99. The van der Waals surface area contributed by atoms with Crippen molar-refractivity contribution in [1.29, 1.82) is 0 Å². The second-order valence-corrected chi connectivity index (χ2v) is 3.41. The van der Waals surface area contributed by atoms with Gasteiger partial charge in [-0.05, 0) is 0 Å². The molecule has 0 spiro atoms. The zero-order valence-electron chi connectivity index (χ0n) is 7.03. The molecular weight excluding hydrogens is 172 g/mol. The first kappa shape index (κ1) is 9.28. The maximum absolute atomic E-state index is 5.39. The van der Waals surface area contributed by atoms with Crippen LogP contribution in [0.3, 0.4) is 0 Å². The smallest absolute Gasteiger partial charge is 0.191 e. The van der Waals surface area contributed by atoms with Gasteiger partial charge >= 0.3 is 0 Å². The SMILES string of the molecule is C=C(CN)CSc1nncn1C. The van der Waals surface area contributed by atoms with Gasteiger partial charge in [0.05, 0.1) is 0 Å². The molecule has 66 valence electrons. The van der Waals surface area contributed by atoms with Gasteiger partial charge in [0, 0.05) is 19.3 Å². The zero-order chi connectivity index (χ0) is 8.97. The van der Waals surface area contributed by atoms with Crippen LogP contribution in [0.2, 0.25) is 0 Å². The van der Waals surface area contributed by atoms with Crippen LogP contribution >= 0.6 is 11.8 Å². The Hall–Kier alpha value is -0.810. The van der Waals surface area contributed by atoms with Gasteiger partial charge in [0.25, 0.3) is 0 Å². The number of nitrogens with two attached hydrogens (primary N) is 1. The molecule has 1 aromatic rings. The summed E-state index contributed by atoms with van der Waals surface area (Å²) >= 11 is 1.60. The molecule has 12 heavy (non-hydrogen) atoms. The first-order chi connectivity index (χ1) is 5.74. The van der Waals surface area contributed by atoms with Gasteiger partial charge in [-0.15, -0.1) is 10.2 Å². The summed E-state index contributed by atoms with van der Waals surface area (Å²) in [6.07, 6.45) is 1.67. The van der Waals surface area contributed by atoms with Crippen LogP contribution in [0.5, 0.6) is 0 Å². The van der Waals surface area contributed by atoms with Gasteiger partial charge in [-0.1, -0.05) is 23.9 Å². The minimum absolute atomic E-state index is 0.533. The van der Waals surface area contributed by atoms with Gasteiger partial charge in [0.15, 0.2) is 5.16 Å². The zero-order valence-corrected chi connectivity index (χ0v) is 7.84. The Kier molecular flexibility index (Phi) is 3.31. The minimum Gasteiger partial charge on any atom is -0.327 e. The summed E-state index contributed by atoms with van der Waals surface area (Å²) in [5, 5.41) is 8.57. The first-order valence-corrected chi connectivity index (χ1v) is 4.56. The second-order valence-electron chi connectivity index (χ2n) is 2.47. The Bertz CT molecular complexity index is 268. The standard InChI is InChI=1S/C7H12N4S/c1-6(3-8)4-12-7-10-9-5-11(7)2/h5H,1,3-4,8H2,2H3. The van der Waals surface area contributed by atoms with E-state index in [-0.39, 0.29) is 0 Å². The third-order valence-corrected chi connectivity index (χ3v) is 2.54. The summed E-state index contributed by atoms with van der Waals surface area (Å²) in [4.78, 5) is 0. The molecule has 0 aliphatic rings. The monoisotopic (exact) mass is 184 g/mol. The van der Waals surface area contributed by atoms with E-state index in [1.165, 1.54) is 0 Å². The van der Waals surface area contributed by atoms with Gasteiger partial charge in [0.2, 0.25) is 0 Å². The summed E-state index contributed by atoms with van der Waals surface area (Å²) < 4.78 is 1.87. The van der Waals surface area contributed by atoms with E-state index in [1.54, 1.807) is 18.1 Å². The number of hydrogen-bond acceptors (Lipinski definition) is 4. The van der Waals surface area contributed by atoms with Crippen LogP contribution < -0.4 is 5.73 Å². The topological polar surface area (TPSA) is 56.7 Å². The van der Waals surface area contributed by atoms with Crippen LogP contribution in [0, 0.1) is 0 Å². The van der Waals surface area contributed by atoms with E-state index in [9.17, 15) is 0 Å². The normalized spacial score (nSPS) is 10.2. The van der Waals surface area contributed by atoms with E-state index in [2.05, 4.69) is 16.8 Å². The molecule has 0 atom stereocenters. The average Bonchev–Trinajstić information content (AvgIpc) is 2.47. The highest BCUT2D eigenvalue weighted by atomic mass is 32.2. The largest absolute Gasteiger partial charge is 0.327 e. The number of hydrogen-bond donors (Lipinski definition) is 1. The number of thioether (sulfide) groups is 1. The van der Waals surface area contributed by atoms with Crippen LogP contribution in [-0.2, 0) is 7.05 Å². The summed E-state index contributed by atoms with van der Waals surface area (Å²) in [7, 11) is 1.91. The molecule has 0 saturated carbocycles. The Morgan fingerprint density at radius 1 is 1.83 bits per heavy atom. The van der Waals surface area contributed by atoms with Crippen molar-refractivity contribution in [2.75, 3.05) is 12.3 Å². The molecule has 1 aromatic heterocycles. The van der Waals surface area contributed by atoms with Crippen LogP contribution in [0.4, 0.5) is 0 Å². The summed E-state index contributed by atoms with van der Waals surface area (Å²) in [5.41, 5.74) is 6.41. The molecule has 0 aromatic carbocycles. The van der Waals surface area contributed by atoms with E-state index >= 15 is 0 Å². The maximum atomic E-state index is 5.39. The van der Waals surface area contributed by atoms with Crippen molar-refractivity contribution in [1.82, 2.24) is 14.8 Å². The number of aromatic nitrogens is 3. The fourth-order valence-corrected chi connectivity index (χ4v) is 1.44. The van der Waals surface area contributed by atoms with Gasteiger partial charge in [-0.25, -0.2) is 0 Å². The van der Waals surface area contributed by atoms with Gasteiger partial charge in [0.1, 0.15) is 6.33 Å². The Labute approximate surface area is 75.9 Å². The number of nitrogens with zero attached hydrogens (tertiary/aromatic N) is 3. The Morgan fingerprint density at radius 3 is 3.08 bits per heavy atom. The van der Waals surface area contributed by atoms with Crippen molar-refractivity contribution < 1.29 is 0 Å². The average molecular weight is 184 g/mol. The fraction of sp³-hybridized carbons (Fsp3) is 0.429. The fourth-order valence-electron chi connectivity index (χ4n) is 0.629. The molecule has 0 fully saturated rings. The summed E-state index contributed by atoms with van der Waals surface area (Å²) in [6, 6.07) is 0. The van der Waals surface area contributed by atoms with Crippen molar-refractivity contribution in [2.24, 2.45) is 12.8 Å². The highest BCUT2D eigenvalue weighted by Gasteiger charge is 2.00. The third-order valence-electron chi connectivity index (χ3n) is 1.36. The highest BCUT2D eigenvalue weighted by Crippen LogP contribution is 2.15. The molecule has 0 saturated heterocycles. The first-order valence-electron chi connectivity index (χ1n) is 3.57. The molecule has 1 heterocycles. The second kappa shape index (κ2) is 4.27. The third kappa shape index (κ3) is 2.35. The van der Waals surface area contributed by atoms with Gasteiger partial charge in [-0.3, -0.25) is 0 Å². The van der Waals surface area contributed by atoms with E-state index < -0.39 is 0 Å². The number of rotatable bonds is 4. The van der Waals surface area contributed by atoms with Crippen molar-refractivity contribution >= 4 is 11.8 Å². The van der Waals surface area contributed by atoms with Crippen molar-refractivity contribution in [3.05, 3.63) is 18.5 Å². The molecule has 0 radical (unpaired) electrons. The molecule has 0 unspecified atom stereocenters. The Morgan fingerprint density at radius 2 is 2.58 bits per heavy atom. The lowest BCUT2D eigenvalue weighted by Crippen LogP contribution is -2.04. The van der Waals surface area contributed by atoms with Gasteiger partial charge in [-0.2, -0.15) is 0 Å².